The molecule has 1 heterocycles. The van der Waals surface area contributed by atoms with Crippen LogP contribution >= 0.6 is 11.3 Å². The third-order valence-electron chi connectivity index (χ3n) is 4.26. The molecule has 0 saturated carbocycles. The van der Waals surface area contributed by atoms with Crippen LogP contribution < -0.4 is 0 Å². The highest BCUT2D eigenvalue weighted by atomic mass is 32.1. The van der Waals surface area contributed by atoms with E-state index in [1.807, 2.05) is 24.3 Å². The number of aryl methyl sites for hydroxylation is 1. The number of hydrogen-bond donors (Lipinski definition) is 0. The number of carbonyl (C=O) groups is 2. The lowest BCUT2D eigenvalue weighted by Gasteiger charge is -2.17. The lowest BCUT2D eigenvalue weighted by Crippen LogP contribution is -2.31. The Morgan fingerprint density at radius 1 is 1.14 bits per heavy atom. The van der Waals surface area contributed by atoms with Crippen molar-refractivity contribution in [3.8, 4) is 0 Å². The molecule has 0 aliphatic heterocycles. The van der Waals surface area contributed by atoms with Gasteiger partial charge >= 0.3 is 5.97 Å². The molecule has 3 rings (SSSR count). The fraction of sp³-hybridized carbons (Fsp3) is 0.286. The predicted octanol–water partition coefficient (Wildman–Crippen LogP) is 3.96. The molecule has 0 atom stereocenters. The van der Waals surface area contributed by atoms with Crippen molar-refractivity contribution in [1.82, 2.24) is 9.88 Å². The smallest absolute Gasteiger partial charge is 0.306 e. The standard InChI is InChI=1S/C21H21FN2O3S/c1-24(13-15-7-2-3-8-16(15)22)20(25)14-27-21(26)12-6-11-19-23-17-9-4-5-10-18(17)28-19/h2-5,7-10H,6,11-14H2,1H3. The Kier molecular flexibility index (Phi) is 6.71. The minimum absolute atomic E-state index is 0.126. The van der Waals surface area contributed by atoms with Crippen LogP contribution in [0.3, 0.4) is 0 Å². The Morgan fingerprint density at radius 3 is 2.68 bits per heavy atom. The number of rotatable bonds is 8. The fourth-order valence-corrected chi connectivity index (χ4v) is 3.71. The molecule has 0 aliphatic rings. The number of hydrogen-bond acceptors (Lipinski definition) is 5. The van der Waals surface area contributed by atoms with Crippen molar-refractivity contribution in [2.75, 3.05) is 13.7 Å². The van der Waals surface area contributed by atoms with Crippen molar-refractivity contribution in [1.29, 1.82) is 0 Å². The van der Waals surface area contributed by atoms with Gasteiger partial charge < -0.3 is 9.64 Å². The van der Waals surface area contributed by atoms with Gasteiger partial charge in [0, 0.05) is 25.6 Å². The second-order valence-electron chi connectivity index (χ2n) is 6.43. The average Bonchev–Trinajstić information content (AvgIpc) is 3.10. The third-order valence-corrected chi connectivity index (χ3v) is 5.35. The first-order valence-electron chi connectivity index (χ1n) is 9.00. The van der Waals surface area contributed by atoms with Gasteiger partial charge in [-0.25, -0.2) is 9.37 Å². The van der Waals surface area contributed by atoms with Crippen LogP contribution in [0.4, 0.5) is 4.39 Å². The summed E-state index contributed by atoms with van der Waals surface area (Å²) in [6.07, 6.45) is 1.52. The summed E-state index contributed by atoms with van der Waals surface area (Å²) in [7, 11) is 1.55. The first-order valence-corrected chi connectivity index (χ1v) is 9.82. The van der Waals surface area contributed by atoms with E-state index in [0.717, 1.165) is 15.2 Å². The summed E-state index contributed by atoms with van der Waals surface area (Å²) >= 11 is 1.62. The minimum Gasteiger partial charge on any atom is -0.456 e. The van der Waals surface area contributed by atoms with Crippen LogP contribution in [0.1, 0.15) is 23.4 Å². The van der Waals surface area contributed by atoms with Crippen molar-refractivity contribution in [3.05, 3.63) is 64.9 Å². The normalized spacial score (nSPS) is 10.8. The number of likely N-dealkylation sites (N-methyl/N-ethyl adjacent to an activating group) is 1. The number of nitrogens with zero attached hydrogens (tertiary/aromatic N) is 2. The van der Waals surface area contributed by atoms with Crippen LogP contribution in [0.15, 0.2) is 48.5 Å². The Balaban J connectivity index is 1.38. The van der Waals surface area contributed by atoms with Gasteiger partial charge in [0.1, 0.15) is 5.82 Å². The quantitative estimate of drug-likeness (QED) is 0.537. The zero-order chi connectivity index (χ0) is 19.9. The van der Waals surface area contributed by atoms with Gasteiger partial charge in [-0.05, 0) is 31.0 Å². The van der Waals surface area contributed by atoms with E-state index in [2.05, 4.69) is 4.98 Å². The number of carbonyl (C=O) groups excluding carboxylic acids is 2. The minimum atomic E-state index is -0.422. The second kappa shape index (κ2) is 9.41. The number of ether oxygens (including phenoxy) is 1. The van der Waals surface area contributed by atoms with Gasteiger partial charge in [0.05, 0.1) is 15.2 Å². The molecule has 1 amide bonds. The molecule has 0 spiro atoms. The predicted molar refractivity (Wildman–Crippen MR) is 106 cm³/mol. The molecule has 28 heavy (non-hydrogen) atoms. The molecule has 0 fully saturated rings. The maximum atomic E-state index is 13.6. The SMILES string of the molecule is CN(Cc1ccccc1F)C(=O)COC(=O)CCCc1nc2ccccc2s1. The summed E-state index contributed by atoms with van der Waals surface area (Å²) in [5.74, 6) is -1.16. The van der Waals surface area contributed by atoms with Crippen molar-refractivity contribution >= 4 is 33.4 Å². The molecule has 1 aromatic heterocycles. The molecule has 0 radical (unpaired) electrons. The van der Waals surface area contributed by atoms with Crippen molar-refractivity contribution < 1.29 is 18.7 Å². The average molecular weight is 400 g/mol. The highest BCUT2D eigenvalue weighted by Gasteiger charge is 2.14. The summed E-state index contributed by atoms with van der Waals surface area (Å²) in [5, 5.41) is 0.981. The number of aromatic nitrogens is 1. The number of thiazole rings is 1. The molecule has 146 valence electrons. The van der Waals surface area contributed by atoms with Crippen LogP contribution in [0.5, 0.6) is 0 Å². The van der Waals surface area contributed by atoms with E-state index in [-0.39, 0.29) is 31.3 Å². The summed E-state index contributed by atoms with van der Waals surface area (Å²) in [4.78, 5) is 29.8. The maximum Gasteiger partial charge on any atom is 0.306 e. The number of fused-ring (bicyclic) bond motifs is 1. The van der Waals surface area contributed by atoms with Crippen LogP contribution in [-0.2, 0) is 27.3 Å². The lowest BCUT2D eigenvalue weighted by molar-refractivity contribution is -0.151. The number of amides is 1. The maximum absolute atomic E-state index is 13.6. The Hall–Kier alpha value is -2.80. The summed E-state index contributed by atoms with van der Waals surface area (Å²) in [5.41, 5.74) is 1.38. The molecular formula is C21H21FN2O3S. The van der Waals surface area contributed by atoms with Crippen LogP contribution in [0.25, 0.3) is 10.2 Å². The first-order chi connectivity index (χ1) is 13.5. The Bertz CT molecular complexity index is 940. The summed E-state index contributed by atoms with van der Waals surface area (Å²) in [6.45, 7) is -0.217. The summed E-state index contributed by atoms with van der Waals surface area (Å²) < 4.78 is 19.8. The lowest BCUT2D eigenvalue weighted by atomic mass is 10.2. The number of para-hydroxylation sites is 1. The van der Waals surface area contributed by atoms with Gasteiger partial charge in [-0.2, -0.15) is 0 Å². The molecule has 2 aromatic carbocycles. The van der Waals surface area contributed by atoms with Gasteiger partial charge in [-0.15, -0.1) is 11.3 Å². The van der Waals surface area contributed by atoms with Crippen molar-refractivity contribution in [2.24, 2.45) is 0 Å². The number of halogens is 1. The van der Waals surface area contributed by atoms with Crippen LogP contribution in [0.2, 0.25) is 0 Å². The highest BCUT2D eigenvalue weighted by Crippen LogP contribution is 2.22. The third kappa shape index (κ3) is 5.36. The molecule has 3 aromatic rings. The molecule has 0 N–H and O–H groups in total. The molecule has 7 heteroatoms. The molecule has 0 unspecified atom stereocenters. The van der Waals surface area contributed by atoms with Gasteiger partial charge in [0.2, 0.25) is 0 Å². The first kappa shape index (κ1) is 19.9. The van der Waals surface area contributed by atoms with E-state index in [0.29, 0.717) is 18.4 Å². The molecule has 0 bridgehead atoms. The van der Waals surface area contributed by atoms with Crippen LogP contribution in [0, 0.1) is 5.82 Å². The van der Waals surface area contributed by atoms with Gasteiger partial charge in [0.15, 0.2) is 6.61 Å². The van der Waals surface area contributed by atoms with E-state index < -0.39 is 5.97 Å². The molecular weight excluding hydrogens is 379 g/mol. The summed E-state index contributed by atoms with van der Waals surface area (Å²) in [6, 6.07) is 14.2. The number of benzene rings is 2. The highest BCUT2D eigenvalue weighted by molar-refractivity contribution is 7.18. The molecule has 0 aliphatic carbocycles. The largest absolute Gasteiger partial charge is 0.456 e. The number of esters is 1. The van der Waals surface area contributed by atoms with E-state index in [1.165, 1.54) is 11.0 Å². The monoisotopic (exact) mass is 400 g/mol. The van der Waals surface area contributed by atoms with Gasteiger partial charge in [-0.1, -0.05) is 30.3 Å². The topological polar surface area (TPSA) is 59.5 Å². The zero-order valence-corrected chi connectivity index (χ0v) is 16.4. The zero-order valence-electron chi connectivity index (χ0n) is 15.6. The van der Waals surface area contributed by atoms with E-state index >= 15 is 0 Å². The fourth-order valence-electron chi connectivity index (χ4n) is 2.71. The molecule has 5 nitrogen and oxygen atoms in total. The van der Waals surface area contributed by atoms with Crippen molar-refractivity contribution in [3.63, 3.8) is 0 Å². The van der Waals surface area contributed by atoms with Gasteiger partial charge in [0.25, 0.3) is 5.91 Å². The van der Waals surface area contributed by atoms with Gasteiger partial charge in [-0.3, -0.25) is 9.59 Å². The Labute approximate surface area is 166 Å². The van der Waals surface area contributed by atoms with E-state index in [9.17, 15) is 14.0 Å². The van der Waals surface area contributed by atoms with E-state index in [4.69, 9.17) is 4.74 Å². The van der Waals surface area contributed by atoms with Crippen molar-refractivity contribution in [2.45, 2.75) is 25.8 Å². The van der Waals surface area contributed by atoms with Crippen LogP contribution in [-0.4, -0.2) is 35.4 Å². The second-order valence-corrected chi connectivity index (χ2v) is 7.55. The Morgan fingerprint density at radius 2 is 1.89 bits per heavy atom. The molecule has 0 saturated heterocycles. The van der Waals surface area contributed by atoms with E-state index in [1.54, 1.807) is 36.6 Å².